The molecule has 1 saturated heterocycles. The molecule has 4 unspecified atom stereocenters. The molecular formula is C25H34F2N6O2. The minimum absolute atomic E-state index is 0.0427. The van der Waals surface area contributed by atoms with Crippen LogP contribution >= 0.6 is 0 Å². The van der Waals surface area contributed by atoms with Gasteiger partial charge < -0.3 is 14.2 Å². The van der Waals surface area contributed by atoms with Crippen LogP contribution in [-0.4, -0.2) is 68.1 Å². The number of allylic oxidation sites excluding steroid dienone is 2. The molecule has 0 radical (unpaired) electrons. The lowest BCUT2D eigenvalue weighted by Gasteiger charge is -2.30. The normalized spacial score (nSPS) is 25.8. The summed E-state index contributed by atoms with van der Waals surface area (Å²) in [7, 11) is 1.65. The van der Waals surface area contributed by atoms with Crippen LogP contribution in [0.1, 0.15) is 57.1 Å². The van der Waals surface area contributed by atoms with Crippen molar-refractivity contribution >= 4 is 11.5 Å². The minimum Gasteiger partial charge on any atom is -0.375 e. The van der Waals surface area contributed by atoms with Gasteiger partial charge in [0, 0.05) is 25.4 Å². The summed E-state index contributed by atoms with van der Waals surface area (Å²) in [5, 5.41) is 8.59. The van der Waals surface area contributed by atoms with Gasteiger partial charge in [0.05, 0.1) is 30.8 Å². The number of aryl methyl sites for hydroxylation is 1. The summed E-state index contributed by atoms with van der Waals surface area (Å²) in [6, 6.07) is -0.714. The molecular weight excluding hydrogens is 454 g/mol. The molecule has 35 heavy (non-hydrogen) atoms. The maximum atomic E-state index is 13.3. The summed E-state index contributed by atoms with van der Waals surface area (Å²) in [5.41, 5.74) is 2.29. The first-order valence-electron chi connectivity index (χ1n) is 12.0. The van der Waals surface area contributed by atoms with Crippen molar-refractivity contribution in [2.24, 2.45) is 11.3 Å². The first-order valence-corrected chi connectivity index (χ1v) is 12.0. The van der Waals surface area contributed by atoms with Crippen molar-refractivity contribution in [3.63, 3.8) is 0 Å². The van der Waals surface area contributed by atoms with Gasteiger partial charge in [0.15, 0.2) is 0 Å². The second-order valence-corrected chi connectivity index (χ2v) is 10.5. The minimum atomic E-state index is -2.58. The Labute approximate surface area is 204 Å². The molecule has 1 amide bonds. The molecule has 2 aliphatic rings. The summed E-state index contributed by atoms with van der Waals surface area (Å²) in [6.45, 7) is 8.06. The number of nitrogens with zero attached hydrogens (tertiary/aromatic N) is 6. The summed E-state index contributed by atoms with van der Waals surface area (Å²) < 4.78 is 35.7. The Morgan fingerprint density at radius 2 is 2.03 bits per heavy atom. The molecule has 0 bridgehead atoms. The number of rotatable bonds is 6. The molecule has 1 fully saturated rings. The van der Waals surface area contributed by atoms with Crippen LogP contribution in [0.5, 0.6) is 0 Å². The Morgan fingerprint density at radius 3 is 2.66 bits per heavy atom. The average molecular weight is 489 g/mol. The lowest BCUT2D eigenvalue weighted by molar-refractivity contribution is -0.136. The maximum Gasteiger partial charge on any atom is 0.255 e. The van der Waals surface area contributed by atoms with Crippen LogP contribution in [0.25, 0.3) is 5.57 Å². The number of imidazole rings is 1. The van der Waals surface area contributed by atoms with Crippen molar-refractivity contribution in [2.45, 2.75) is 65.1 Å². The van der Waals surface area contributed by atoms with E-state index in [2.05, 4.69) is 36.1 Å². The van der Waals surface area contributed by atoms with E-state index < -0.39 is 19.0 Å². The summed E-state index contributed by atoms with van der Waals surface area (Å²) >= 11 is 0. The molecule has 2 aromatic rings. The quantitative estimate of drug-likeness (QED) is 0.612. The van der Waals surface area contributed by atoms with Crippen LogP contribution in [0.2, 0.25) is 0 Å². The number of likely N-dealkylation sites (tertiary alicyclic amines) is 1. The summed E-state index contributed by atoms with van der Waals surface area (Å²) in [4.78, 5) is 18.9. The van der Waals surface area contributed by atoms with Crippen molar-refractivity contribution in [1.82, 2.24) is 29.4 Å². The third kappa shape index (κ3) is 5.52. The van der Waals surface area contributed by atoms with Gasteiger partial charge in [0.1, 0.15) is 17.8 Å². The predicted molar refractivity (Wildman–Crippen MR) is 128 cm³/mol. The van der Waals surface area contributed by atoms with E-state index in [1.165, 1.54) is 4.90 Å². The van der Waals surface area contributed by atoms with Crippen molar-refractivity contribution in [3.05, 3.63) is 48.3 Å². The number of aromatic nitrogens is 5. The second-order valence-electron chi connectivity index (χ2n) is 10.5. The van der Waals surface area contributed by atoms with Crippen LogP contribution in [0, 0.1) is 18.3 Å². The highest BCUT2D eigenvalue weighted by Crippen LogP contribution is 2.38. The number of ether oxygens (including phenoxy) is 1. The molecule has 4 atom stereocenters. The zero-order valence-corrected chi connectivity index (χ0v) is 20.9. The van der Waals surface area contributed by atoms with Gasteiger partial charge in [0.25, 0.3) is 6.43 Å². The smallest absolute Gasteiger partial charge is 0.255 e. The van der Waals surface area contributed by atoms with E-state index in [-0.39, 0.29) is 29.4 Å². The number of halogens is 2. The Kier molecular flexibility index (Phi) is 7.21. The Morgan fingerprint density at radius 1 is 1.26 bits per heavy atom. The molecule has 190 valence electrons. The molecule has 8 nitrogen and oxygen atoms in total. The van der Waals surface area contributed by atoms with Crippen molar-refractivity contribution in [1.29, 1.82) is 0 Å². The van der Waals surface area contributed by atoms with E-state index >= 15 is 0 Å². The van der Waals surface area contributed by atoms with Gasteiger partial charge in [-0.2, -0.15) is 0 Å². The molecule has 0 saturated carbocycles. The first kappa shape index (κ1) is 25.2. The van der Waals surface area contributed by atoms with Gasteiger partial charge in [0.2, 0.25) is 5.91 Å². The Bertz CT molecular complexity index is 1100. The highest BCUT2D eigenvalue weighted by atomic mass is 19.3. The largest absolute Gasteiger partial charge is 0.375 e. The fourth-order valence-corrected chi connectivity index (χ4v) is 4.93. The van der Waals surface area contributed by atoms with Gasteiger partial charge in [-0.1, -0.05) is 38.1 Å². The molecule has 1 aliphatic heterocycles. The number of amides is 1. The number of carbonyl (C=O) groups excluding carboxylic acids is 1. The monoisotopic (exact) mass is 488 g/mol. The van der Waals surface area contributed by atoms with Gasteiger partial charge in [-0.05, 0) is 37.2 Å². The van der Waals surface area contributed by atoms with E-state index in [1.54, 1.807) is 24.3 Å². The van der Waals surface area contributed by atoms with Crippen molar-refractivity contribution < 1.29 is 18.3 Å². The van der Waals surface area contributed by atoms with E-state index in [9.17, 15) is 13.6 Å². The van der Waals surface area contributed by atoms with Gasteiger partial charge in [-0.3, -0.25) is 4.79 Å². The first-order chi connectivity index (χ1) is 16.6. The topological polar surface area (TPSA) is 78.1 Å². The van der Waals surface area contributed by atoms with Gasteiger partial charge >= 0.3 is 0 Å². The lowest BCUT2D eigenvalue weighted by Crippen LogP contribution is -2.39. The highest BCUT2D eigenvalue weighted by molar-refractivity contribution is 5.81. The molecule has 0 aromatic carbocycles. The predicted octanol–water partition coefficient (Wildman–Crippen LogP) is 4.08. The Hall–Kier alpha value is -2.88. The molecule has 0 N–H and O–H groups in total. The SMILES string of the molecule is COC1C=C(c2cn(C3CC(C(C)(C)C)CCN(CC(F)F)C3=O)nn2)C=CC1n1cnc(C)c1. The number of hydrogen-bond donors (Lipinski definition) is 0. The number of alkyl halides is 2. The average Bonchev–Trinajstić information content (AvgIpc) is 3.42. The van der Waals surface area contributed by atoms with Crippen molar-refractivity contribution in [3.8, 4) is 0 Å². The van der Waals surface area contributed by atoms with E-state index in [0.717, 1.165) is 11.3 Å². The van der Waals surface area contributed by atoms with Crippen LogP contribution < -0.4 is 0 Å². The van der Waals surface area contributed by atoms with Crippen LogP contribution in [0.3, 0.4) is 0 Å². The molecule has 1 aliphatic carbocycles. The summed E-state index contributed by atoms with van der Waals surface area (Å²) in [5.74, 6) is -0.148. The second kappa shape index (κ2) is 10.0. The Balaban J connectivity index is 1.59. The van der Waals surface area contributed by atoms with Gasteiger partial charge in [-0.15, -0.1) is 5.10 Å². The third-order valence-corrected chi connectivity index (χ3v) is 7.06. The molecule has 2 aromatic heterocycles. The van der Waals surface area contributed by atoms with E-state index in [1.807, 2.05) is 35.9 Å². The zero-order valence-electron chi connectivity index (χ0n) is 20.9. The lowest BCUT2D eigenvalue weighted by atomic mass is 9.76. The number of hydrogen-bond acceptors (Lipinski definition) is 5. The van der Waals surface area contributed by atoms with Crippen LogP contribution in [0.15, 0.2) is 36.9 Å². The zero-order chi connectivity index (χ0) is 25.3. The van der Waals surface area contributed by atoms with E-state index in [0.29, 0.717) is 25.1 Å². The third-order valence-electron chi connectivity index (χ3n) is 7.06. The number of carbonyl (C=O) groups is 1. The number of methoxy groups -OCH3 is 1. The van der Waals surface area contributed by atoms with Crippen LogP contribution in [0.4, 0.5) is 8.78 Å². The molecule has 3 heterocycles. The standard InChI is InChI=1S/C25H34F2N6O2/c1-16-12-32(15-28-16)20-7-6-17(10-22(20)35-5)19-13-33(30-29-19)21-11-18(25(2,3)4)8-9-31(24(21)34)14-23(26)27/h6-7,10,12-13,15,18,20-23H,8-9,11,14H2,1-5H3. The highest BCUT2D eigenvalue weighted by Gasteiger charge is 2.38. The van der Waals surface area contributed by atoms with Crippen LogP contribution in [-0.2, 0) is 9.53 Å². The molecule has 0 spiro atoms. The van der Waals surface area contributed by atoms with Gasteiger partial charge in [-0.25, -0.2) is 18.4 Å². The fraction of sp³-hybridized carbons (Fsp3) is 0.600. The van der Waals surface area contributed by atoms with E-state index in [4.69, 9.17) is 4.74 Å². The molecule has 4 rings (SSSR count). The summed E-state index contributed by atoms with van der Waals surface area (Å²) in [6.07, 6.45) is 9.84. The molecule has 10 heteroatoms. The fourth-order valence-electron chi connectivity index (χ4n) is 4.93. The van der Waals surface area contributed by atoms with Crippen molar-refractivity contribution in [2.75, 3.05) is 20.2 Å². The maximum absolute atomic E-state index is 13.3.